The van der Waals surface area contributed by atoms with E-state index >= 15 is 0 Å². The summed E-state index contributed by atoms with van der Waals surface area (Å²) < 4.78 is 4.86. The van der Waals surface area contributed by atoms with Crippen LogP contribution < -0.4 is 10.6 Å². The first-order valence-corrected chi connectivity index (χ1v) is 14.5. The van der Waals surface area contributed by atoms with E-state index in [-0.39, 0.29) is 53.6 Å². The van der Waals surface area contributed by atoms with Crippen LogP contribution in [0.3, 0.4) is 0 Å². The fourth-order valence-corrected chi connectivity index (χ4v) is 5.17. The molecule has 0 aromatic heterocycles. The van der Waals surface area contributed by atoms with Gasteiger partial charge in [0.15, 0.2) is 0 Å². The first-order chi connectivity index (χ1) is 18.1. The molecule has 39 heavy (non-hydrogen) atoms. The van der Waals surface area contributed by atoms with Gasteiger partial charge >= 0.3 is 5.97 Å². The SMILES string of the molecule is COC(=O)[C@H](CC(C)C)NC(=O)C(C)=C[C@H](C(C)C)N(C)C(=O)[C@@H](NC(=O)C1CCCCN1C(C)C)C(C)C. The summed E-state index contributed by atoms with van der Waals surface area (Å²) in [4.78, 5) is 56.1. The lowest BCUT2D eigenvalue weighted by Gasteiger charge is -2.39. The van der Waals surface area contributed by atoms with Crippen molar-refractivity contribution in [1.29, 1.82) is 0 Å². The zero-order chi connectivity index (χ0) is 30.0. The molecule has 9 heteroatoms. The number of carbonyl (C=O) groups excluding carboxylic acids is 4. The highest BCUT2D eigenvalue weighted by Gasteiger charge is 2.36. The average molecular weight is 551 g/mol. The van der Waals surface area contributed by atoms with Crippen LogP contribution in [0, 0.1) is 17.8 Å². The molecule has 0 aliphatic carbocycles. The minimum absolute atomic E-state index is 0.00654. The summed E-state index contributed by atoms with van der Waals surface area (Å²) in [5.41, 5.74) is 0.408. The molecule has 1 fully saturated rings. The van der Waals surface area contributed by atoms with Crippen LogP contribution in [0.1, 0.15) is 88.0 Å². The van der Waals surface area contributed by atoms with E-state index in [4.69, 9.17) is 4.74 Å². The van der Waals surface area contributed by atoms with Crippen LogP contribution in [0.15, 0.2) is 11.6 Å². The zero-order valence-corrected chi connectivity index (χ0v) is 26.2. The molecule has 224 valence electrons. The number of ether oxygens (including phenoxy) is 1. The fraction of sp³-hybridized carbons (Fsp3) is 0.800. The Balaban J connectivity index is 3.11. The van der Waals surface area contributed by atoms with Gasteiger partial charge in [0.2, 0.25) is 17.7 Å². The van der Waals surface area contributed by atoms with Crippen molar-refractivity contribution in [3.8, 4) is 0 Å². The van der Waals surface area contributed by atoms with Gasteiger partial charge in [0, 0.05) is 18.7 Å². The first kappa shape index (κ1) is 34.6. The lowest BCUT2D eigenvalue weighted by molar-refractivity contribution is -0.145. The number of nitrogens with zero attached hydrogens (tertiary/aromatic N) is 2. The van der Waals surface area contributed by atoms with E-state index in [2.05, 4.69) is 29.4 Å². The number of hydrogen-bond acceptors (Lipinski definition) is 6. The molecule has 0 saturated carbocycles. The minimum atomic E-state index is -0.742. The third-order valence-electron chi connectivity index (χ3n) is 7.50. The first-order valence-electron chi connectivity index (χ1n) is 14.5. The Labute approximate surface area is 236 Å². The largest absolute Gasteiger partial charge is 0.467 e. The molecule has 2 N–H and O–H groups in total. The van der Waals surface area contributed by atoms with Gasteiger partial charge in [-0.2, -0.15) is 0 Å². The third-order valence-corrected chi connectivity index (χ3v) is 7.50. The van der Waals surface area contributed by atoms with Gasteiger partial charge in [-0.3, -0.25) is 19.3 Å². The van der Waals surface area contributed by atoms with Gasteiger partial charge in [-0.25, -0.2) is 4.79 Å². The summed E-state index contributed by atoms with van der Waals surface area (Å²) in [6.45, 7) is 18.5. The second-order valence-corrected chi connectivity index (χ2v) is 12.3. The van der Waals surface area contributed by atoms with Gasteiger partial charge in [-0.05, 0) is 64.3 Å². The van der Waals surface area contributed by atoms with Crippen molar-refractivity contribution in [3.05, 3.63) is 11.6 Å². The topological polar surface area (TPSA) is 108 Å². The Bertz CT molecular complexity index is 867. The van der Waals surface area contributed by atoms with Gasteiger partial charge in [-0.15, -0.1) is 0 Å². The predicted octanol–water partition coefficient (Wildman–Crippen LogP) is 3.52. The molecule has 0 spiro atoms. The summed E-state index contributed by atoms with van der Waals surface area (Å²) >= 11 is 0. The van der Waals surface area contributed by atoms with Gasteiger partial charge in [-0.1, -0.05) is 54.0 Å². The van der Waals surface area contributed by atoms with Crippen molar-refractivity contribution < 1.29 is 23.9 Å². The van der Waals surface area contributed by atoms with Crippen LogP contribution >= 0.6 is 0 Å². The molecule has 3 amide bonds. The summed E-state index contributed by atoms with van der Waals surface area (Å²) in [5.74, 6) is -1.07. The van der Waals surface area contributed by atoms with E-state index in [1.165, 1.54) is 7.11 Å². The minimum Gasteiger partial charge on any atom is -0.467 e. The van der Waals surface area contributed by atoms with Gasteiger partial charge < -0.3 is 20.3 Å². The molecule has 1 heterocycles. The number of rotatable bonds is 13. The molecule has 1 aliphatic rings. The van der Waals surface area contributed by atoms with Crippen LogP contribution in [0.4, 0.5) is 0 Å². The van der Waals surface area contributed by atoms with E-state index in [9.17, 15) is 19.2 Å². The zero-order valence-electron chi connectivity index (χ0n) is 26.2. The number of likely N-dealkylation sites (tertiary alicyclic amines) is 1. The number of carbonyl (C=O) groups is 4. The molecule has 0 aromatic carbocycles. The molecule has 0 bridgehead atoms. The molecular weight excluding hydrogens is 496 g/mol. The molecule has 0 radical (unpaired) electrons. The van der Waals surface area contributed by atoms with Crippen molar-refractivity contribution in [2.24, 2.45) is 17.8 Å². The number of hydrogen-bond donors (Lipinski definition) is 2. The second-order valence-electron chi connectivity index (χ2n) is 12.3. The fourth-order valence-electron chi connectivity index (χ4n) is 5.17. The van der Waals surface area contributed by atoms with Crippen molar-refractivity contribution in [2.45, 2.75) is 118 Å². The lowest BCUT2D eigenvalue weighted by atomic mass is 9.95. The van der Waals surface area contributed by atoms with Crippen molar-refractivity contribution in [3.63, 3.8) is 0 Å². The highest BCUT2D eigenvalue weighted by Crippen LogP contribution is 2.21. The summed E-state index contributed by atoms with van der Waals surface area (Å²) in [6.07, 6.45) is 5.08. The van der Waals surface area contributed by atoms with E-state index in [1.54, 1.807) is 24.9 Å². The summed E-state index contributed by atoms with van der Waals surface area (Å²) in [7, 11) is 3.02. The third kappa shape index (κ3) is 10.2. The van der Waals surface area contributed by atoms with E-state index in [0.717, 1.165) is 25.8 Å². The Morgan fingerprint density at radius 2 is 1.59 bits per heavy atom. The molecule has 1 saturated heterocycles. The Morgan fingerprint density at radius 1 is 0.974 bits per heavy atom. The number of amides is 3. The molecule has 9 nitrogen and oxygen atoms in total. The second kappa shape index (κ2) is 16.0. The Morgan fingerprint density at radius 3 is 2.08 bits per heavy atom. The van der Waals surface area contributed by atoms with Crippen molar-refractivity contribution in [2.75, 3.05) is 20.7 Å². The van der Waals surface area contributed by atoms with E-state index < -0.39 is 18.1 Å². The van der Waals surface area contributed by atoms with Gasteiger partial charge in [0.05, 0.1) is 19.2 Å². The smallest absolute Gasteiger partial charge is 0.328 e. The van der Waals surface area contributed by atoms with Crippen molar-refractivity contribution >= 4 is 23.7 Å². The van der Waals surface area contributed by atoms with E-state index in [1.807, 2.05) is 41.5 Å². The average Bonchev–Trinajstić information content (AvgIpc) is 2.87. The monoisotopic (exact) mass is 550 g/mol. The van der Waals surface area contributed by atoms with Crippen LogP contribution in [0.2, 0.25) is 0 Å². The summed E-state index contributed by atoms with van der Waals surface area (Å²) in [6, 6.07) is -1.80. The highest BCUT2D eigenvalue weighted by molar-refractivity contribution is 5.96. The number of methoxy groups -OCH3 is 1. The van der Waals surface area contributed by atoms with Crippen LogP contribution in [-0.2, 0) is 23.9 Å². The number of esters is 1. The molecule has 1 rings (SSSR count). The number of likely N-dealkylation sites (N-methyl/N-ethyl adjacent to an activating group) is 1. The molecule has 1 unspecified atom stereocenters. The van der Waals surface area contributed by atoms with Crippen LogP contribution in [0.5, 0.6) is 0 Å². The molecule has 1 aliphatic heterocycles. The van der Waals surface area contributed by atoms with Crippen LogP contribution in [-0.4, -0.2) is 84.4 Å². The maximum absolute atomic E-state index is 13.7. The predicted molar refractivity (Wildman–Crippen MR) is 155 cm³/mol. The molecule has 4 atom stereocenters. The van der Waals surface area contributed by atoms with Gasteiger partial charge in [0.25, 0.3) is 0 Å². The number of nitrogens with one attached hydrogen (secondary N) is 2. The normalized spacial score (nSPS) is 19.2. The standard InChI is InChI=1S/C30H54N4O5/c1-18(2)16-23(30(38)39-11)31-27(35)22(9)17-25(19(3)4)33(10)29(37)26(20(5)6)32-28(36)24-14-12-13-15-34(24)21(7)8/h17-21,23-26H,12-16H2,1-11H3,(H,31,35)(H,32,36)/t23-,24?,25+,26-/m0/s1. The van der Waals surface area contributed by atoms with Crippen molar-refractivity contribution in [1.82, 2.24) is 20.4 Å². The molecular formula is C30H54N4O5. The quantitative estimate of drug-likeness (QED) is 0.268. The van der Waals surface area contributed by atoms with E-state index in [0.29, 0.717) is 12.0 Å². The Hall–Kier alpha value is -2.42. The number of piperidine rings is 1. The highest BCUT2D eigenvalue weighted by atomic mass is 16.5. The molecule has 0 aromatic rings. The summed E-state index contributed by atoms with van der Waals surface area (Å²) in [5, 5.41) is 5.84. The van der Waals surface area contributed by atoms with Crippen LogP contribution in [0.25, 0.3) is 0 Å². The lowest BCUT2D eigenvalue weighted by Crippen LogP contribution is -2.58. The maximum atomic E-state index is 13.7. The van der Waals surface area contributed by atoms with Gasteiger partial charge in [0.1, 0.15) is 12.1 Å². The Kier molecular flexibility index (Phi) is 14.2. The maximum Gasteiger partial charge on any atom is 0.328 e.